The van der Waals surface area contributed by atoms with Crippen LogP contribution in [0.15, 0.2) is 18.7 Å². The molecule has 0 saturated heterocycles. The van der Waals surface area contributed by atoms with Gasteiger partial charge < -0.3 is 0 Å². The second-order valence-electron chi connectivity index (χ2n) is 2.24. The molecule has 0 N–H and O–H groups in total. The van der Waals surface area contributed by atoms with Crippen molar-refractivity contribution >= 4 is 11.7 Å². The summed E-state index contributed by atoms with van der Waals surface area (Å²) in [5.41, 5.74) is 0. The van der Waals surface area contributed by atoms with Crippen molar-refractivity contribution in [2.24, 2.45) is 0 Å². The van der Waals surface area contributed by atoms with E-state index in [1.807, 2.05) is 0 Å². The molecule has 1 aromatic rings. The summed E-state index contributed by atoms with van der Waals surface area (Å²) < 4.78 is 1.29. The van der Waals surface area contributed by atoms with Gasteiger partial charge in [-0.25, -0.2) is 4.98 Å². The van der Waals surface area contributed by atoms with Crippen molar-refractivity contribution in [3.63, 3.8) is 0 Å². The minimum atomic E-state index is -0.241. The molecule has 0 bridgehead atoms. The summed E-state index contributed by atoms with van der Waals surface area (Å²) in [6.45, 7) is 1.38. The number of carbonyl (C=O) groups excluding carboxylic acids is 2. The van der Waals surface area contributed by atoms with Gasteiger partial charge in [0.15, 0.2) is 0 Å². The van der Waals surface area contributed by atoms with Crippen LogP contribution in [-0.4, -0.2) is 21.2 Å². The van der Waals surface area contributed by atoms with Crippen molar-refractivity contribution in [2.45, 2.75) is 13.3 Å². The third-order valence-corrected chi connectivity index (χ3v) is 1.19. The summed E-state index contributed by atoms with van der Waals surface area (Å²) >= 11 is 0. The highest BCUT2D eigenvalue weighted by molar-refractivity contribution is 5.97. The molecule has 58 valence electrons. The maximum atomic E-state index is 11.0. The molecule has 0 fully saturated rings. The van der Waals surface area contributed by atoms with Gasteiger partial charge in [-0.05, 0) is 6.92 Å². The molecule has 1 aromatic heterocycles. The van der Waals surface area contributed by atoms with Crippen LogP contribution in [0.3, 0.4) is 0 Å². The highest BCUT2D eigenvalue weighted by Crippen LogP contribution is 1.91. The van der Waals surface area contributed by atoms with Gasteiger partial charge in [0.2, 0.25) is 5.91 Å². The number of hydrogen-bond acceptors (Lipinski definition) is 3. The third kappa shape index (κ3) is 2.00. The van der Waals surface area contributed by atoms with E-state index in [-0.39, 0.29) is 18.1 Å². The van der Waals surface area contributed by atoms with Crippen molar-refractivity contribution in [1.29, 1.82) is 0 Å². The first-order valence-corrected chi connectivity index (χ1v) is 3.21. The Morgan fingerprint density at radius 3 is 2.73 bits per heavy atom. The maximum absolute atomic E-state index is 11.0. The van der Waals surface area contributed by atoms with E-state index in [0.29, 0.717) is 0 Å². The van der Waals surface area contributed by atoms with Gasteiger partial charge in [0.05, 0.1) is 6.42 Å². The van der Waals surface area contributed by atoms with Gasteiger partial charge in [-0.2, -0.15) is 0 Å². The zero-order valence-corrected chi connectivity index (χ0v) is 6.15. The SMILES string of the molecule is CC(=O)CC(=O)n1ccnc1. The molecule has 0 atom stereocenters. The topological polar surface area (TPSA) is 52.0 Å². The number of aromatic nitrogens is 2. The second kappa shape index (κ2) is 3.09. The Morgan fingerprint density at radius 1 is 1.55 bits per heavy atom. The van der Waals surface area contributed by atoms with Crippen molar-refractivity contribution in [1.82, 2.24) is 9.55 Å². The summed E-state index contributed by atoms with van der Waals surface area (Å²) in [5, 5.41) is 0. The van der Waals surface area contributed by atoms with Gasteiger partial charge in [0.1, 0.15) is 12.1 Å². The molecule has 0 amide bonds. The highest BCUT2D eigenvalue weighted by Gasteiger charge is 2.05. The molecule has 0 saturated carbocycles. The molecule has 0 aliphatic heterocycles. The minimum absolute atomic E-state index is 0.0592. The van der Waals surface area contributed by atoms with Crippen LogP contribution in [0.25, 0.3) is 0 Å². The molecule has 1 heterocycles. The maximum Gasteiger partial charge on any atom is 0.239 e. The third-order valence-electron chi connectivity index (χ3n) is 1.19. The number of nitrogens with zero attached hydrogens (tertiary/aromatic N) is 2. The molecular formula is C7H8N2O2. The Labute approximate surface area is 63.9 Å². The standard InChI is InChI=1S/C7H8N2O2/c1-6(10)4-7(11)9-3-2-8-5-9/h2-3,5H,4H2,1H3. The molecule has 0 spiro atoms. The van der Waals surface area contributed by atoms with E-state index in [0.717, 1.165) is 0 Å². The van der Waals surface area contributed by atoms with Crippen LogP contribution in [0.4, 0.5) is 0 Å². The summed E-state index contributed by atoms with van der Waals surface area (Å²) in [4.78, 5) is 25.2. The van der Waals surface area contributed by atoms with Gasteiger partial charge in [0.25, 0.3) is 0 Å². The Kier molecular flexibility index (Phi) is 2.15. The lowest BCUT2D eigenvalue weighted by molar-refractivity contribution is -0.116. The Morgan fingerprint density at radius 2 is 2.27 bits per heavy atom. The molecular weight excluding hydrogens is 144 g/mol. The van der Waals surface area contributed by atoms with Crippen LogP contribution >= 0.6 is 0 Å². The molecule has 0 aliphatic rings. The van der Waals surface area contributed by atoms with Crippen LogP contribution < -0.4 is 0 Å². The van der Waals surface area contributed by atoms with E-state index < -0.39 is 0 Å². The number of ketones is 1. The second-order valence-corrected chi connectivity index (χ2v) is 2.24. The van der Waals surface area contributed by atoms with Gasteiger partial charge in [-0.3, -0.25) is 14.2 Å². The molecule has 11 heavy (non-hydrogen) atoms. The summed E-state index contributed by atoms with van der Waals surface area (Å²) in [7, 11) is 0. The minimum Gasteiger partial charge on any atom is -0.299 e. The molecule has 0 aromatic carbocycles. The van der Waals surface area contributed by atoms with E-state index in [9.17, 15) is 9.59 Å². The van der Waals surface area contributed by atoms with Crippen LogP contribution in [0, 0.1) is 0 Å². The van der Waals surface area contributed by atoms with Crippen LogP contribution in [0.2, 0.25) is 0 Å². The summed E-state index contributed by atoms with van der Waals surface area (Å²) in [5.74, 6) is -0.376. The Bertz CT molecular complexity index is 264. The quantitative estimate of drug-likeness (QED) is 0.580. The van der Waals surface area contributed by atoms with Crippen molar-refractivity contribution in [2.75, 3.05) is 0 Å². The van der Waals surface area contributed by atoms with E-state index in [1.165, 1.54) is 30.2 Å². The van der Waals surface area contributed by atoms with Gasteiger partial charge >= 0.3 is 0 Å². The van der Waals surface area contributed by atoms with Crippen molar-refractivity contribution < 1.29 is 9.59 Å². The zero-order chi connectivity index (χ0) is 8.27. The van der Waals surface area contributed by atoms with Gasteiger partial charge in [-0.15, -0.1) is 0 Å². The smallest absolute Gasteiger partial charge is 0.239 e. The average molecular weight is 152 g/mol. The molecule has 0 unspecified atom stereocenters. The lowest BCUT2D eigenvalue weighted by Gasteiger charge is -1.95. The lowest BCUT2D eigenvalue weighted by atomic mass is 10.3. The van der Waals surface area contributed by atoms with E-state index in [1.54, 1.807) is 0 Å². The van der Waals surface area contributed by atoms with Crippen LogP contribution in [0.1, 0.15) is 18.1 Å². The van der Waals surface area contributed by atoms with Crippen molar-refractivity contribution in [3.8, 4) is 0 Å². The number of hydrogen-bond donors (Lipinski definition) is 0. The molecule has 1 rings (SSSR count). The van der Waals surface area contributed by atoms with E-state index >= 15 is 0 Å². The van der Waals surface area contributed by atoms with Gasteiger partial charge in [0, 0.05) is 12.4 Å². The molecule has 0 radical (unpaired) electrons. The first kappa shape index (κ1) is 7.65. The van der Waals surface area contributed by atoms with E-state index in [4.69, 9.17) is 0 Å². The number of carbonyl (C=O) groups is 2. The van der Waals surface area contributed by atoms with Crippen LogP contribution in [-0.2, 0) is 4.79 Å². The fraction of sp³-hybridized carbons (Fsp3) is 0.286. The lowest BCUT2D eigenvalue weighted by Crippen LogP contribution is -2.11. The first-order valence-electron chi connectivity index (χ1n) is 3.21. The Balaban J connectivity index is 2.64. The van der Waals surface area contributed by atoms with Crippen molar-refractivity contribution in [3.05, 3.63) is 18.7 Å². The predicted octanol–water partition coefficient (Wildman–Crippen LogP) is 0.502. The van der Waals surface area contributed by atoms with E-state index in [2.05, 4.69) is 4.98 Å². The summed E-state index contributed by atoms with van der Waals surface area (Å²) in [6, 6.07) is 0. The first-order chi connectivity index (χ1) is 5.20. The molecule has 4 heteroatoms. The average Bonchev–Trinajstić information content (AvgIpc) is 2.35. The van der Waals surface area contributed by atoms with Gasteiger partial charge in [-0.1, -0.05) is 0 Å². The normalized spacial score (nSPS) is 9.55. The zero-order valence-electron chi connectivity index (χ0n) is 6.15. The fourth-order valence-electron chi connectivity index (χ4n) is 0.711. The number of Topliss-reactive ketones (excluding diaryl/α,β-unsaturated/α-hetero) is 1. The number of rotatable bonds is 2. The highest BCUT2D eigenvalue weighted by atomic mass is 16.2. The Hall–Kier alpha value is -1.45. The fourth-order valence-corrected chi connectivity index (χ4v) is 0.711. The predicted molar refractivity (Wildman–Crippen MR) is 38.2 cm³/mol. The molecule has 0 aliphatic carbocycles. The molecule has 4 nitrogen and oxygen atoms in total. The largest absolute Gasteiger partial charge is 0.299 e. The van der Waals surface area contributed by atoms with Crippen LogP contribution in [0.5, 0.6) is 0 Å². The number of imidazole rings is 1. The summed E-state index contributed by atoms with van der Waals surface area (Å²) in [6.07, 6.45) is 4.34. The monoisotopic (exact) mass is 152 g/mol.